The number of carbonyl (C=O) groups excluding carboxylic acids is 1. The van der Waals surface area contributed by atoms with E-state index in [1.165, 1.54) is 26.4 Å². The molecule has 0 amide bonds. The minimum atomic E-state index is -0.356. The SMILES string of the molecule is COC(=O)c1ccc2c(c1)nc(-c1ccc(O)cc1)n2C1CCCCC1. The van der Waals surface area contributed by atoms with Gasteiger partial charge in [0.05, 0.1) is 23.7 Å². The second-order valence-corrected chi connectivity index (χ2v) is 6.84. The third-order valence-corrected chi connectivity index (χ3v) is 5.18. The van der Waals surface area contributed by atoms with Crippen molar-refractivity contribution in [2.24, 2.45) is 0 Å². The maximum atomic E-state index is 11.9. The number of carbonyl (C=O) groups is 1. The first-order chi connectivity index (χ1) is 12.7. The molecule has 1 aliphatic rings. The van der Waals surface area contributed by atoms with E-state index in [1.807, 2.05) is 18.2 Å². The van der Waals surface area contributed by atoms with Crippen LogP contribution >= 0.6 is 0 Å². The first-order valence-corrected chi connectivity index (χ1v) is 9.07. The Bertz CT molecular complexity index is 938. The molecule has 1 fully saturated rings. The van der Waals surface area contributed by atoms with Crippen LogP contribution in [0.1, 0.15) is 48.5 Å². The van der Waals surface area contributed by atoms with Crippen LogP contribution in [-0.2, 0) is 4.74 Å². The van der Waals surface area contributed by atoms with Gasteiger partial charge in [-0.25, -0.2) is 9.78 Å². The number of methoxy groups -OCH3 is 1. The molecule has 5 nitrogen and oxygen atoms in total. The molecule has 134 valence electrons. The zero-order chi connectivity index (χ0) is 18.1. The molecule has 0 saturated heterocycles. The van der Waals surface area contributed by atoms with Crippen LogP contribution in [-0.4, -0.2) is 27.7 Å². The summed E-state index contributed by atoms with van der Waals surface area (Å²) in [6.45, 7) is 0. The number of phenols is 1. The molecule has 1 saturated carbocycles. The molecule has 1 heterocycles. The van der Waals surface area contributed by atoms with Crippen molar-refractivity contribution in [2.45, 2.75) is 38.1 Å². The molecule has 5 heteroatoms. The van der Waals surface area contributed by atoms with Crippen molar-refractivity contribution in [3.05, 3.63) is 48.0 Å². The summed E-state index contributed by atoms with van der Waals surface area (Å²) in [4.78, 5) is 16.7. The van der Waals surface area contributed by atoms with Crippen molar-refractivity contribution >= 4 is 17.0 Å². The van der Waals surface area contributed by atoms with Gasteiger partial charge in [-0.3, -0.25) is 0 Å². The molecule has 1 aliphatic carbocycles. The number of ether oxygens (including phenoxy) is 1. The maximum absolute atomic E-state index is 11.9. The van der Waals surface area contributed by atoms with Crippen LogP contribution in [0, 0.1) is 0 Å². The lowest BCUT2D eigenvalue weighted by Gasteiger charge is -2.25. The van der Waals surface area contributed by atoms with Gasteiger partial charge in [0.1, 0.15) is 11.6 Å². The number of hydrogen-bond donors (Lipinski definition) is 1. The Hall–Kier alpha value is -2.82. The smallest absolute Gasteiger partial charge is 0.337 e. The number of rotatable bonds is 3. The summed E-state index contributed by atoms with van der Waals surface area (Å²) < 4.78 is 7.14. The highest BCUT2D eigenvalue weighted by molar-refractivity contribution is 5.94. The lowest BCUT2D eigenvalue weighted by atomic mass is 9.95. The van der Waals surface area contributed by atoms with Crippen LogP contribution in [0.15, 0.2) is 42.5 Å². The monoisotopic (exact) mass is 350 g/mol. The van der Waals surface area contributed by atoms with Gasteiger partial charge in [0, 0.05) is 11.6 Å². The summed E-state index contributed by atoms with van der Waals surface area (Å²) in [5.74, 6) is 0.765. The Labute approximate surface area is 152 Å². The summed E-state index contributed by atoms with van der Waals surface area (Å²) in [6, 6.07) is 13.1. The van der Waals surface area contributed by atoms with Crippen LogP contribution in [0.2, 0.25) is 0 Å². The Balaban J connectivity index is 1.89. The minimum absolute atomic E-state index is 0.238. The average molecular weight is 350 g/mol. The normalized spacial score (nSPS) is 15.3. The van der Waals surface area contributed by atoms with Gasteiger partial charge in [-0.2, -0.15) is 0 Å². The van der Waals surface area contributed by atoms with E-state index in [0.29, 0.717) is 11.6 Å². The van der Waals surface area contributed by atoms with Crippen molar-refractivity contribution in [3.8, 4) is 17.1 Å². The van der Waals surface area contributed by atoms with Gasteiger partial charge in [-0.05, 0) is 55.3 Å². The average Bonchev–Trinajstić information content (AvgIpc) is 3.07. The number of imidazole rings is 1. The molecular weight excluding hydrogens is 328 g/mol. The molecule has 3 aromatic rings. The first-order valence-electron chi connectivity index (χ1n) is 9.07. The second-order valence-electron chi connectivity index (χ2n) is 6.84. The Morgan fingerprint density at radius 2 is 1.85 bits per heavy atom. The van der Waals surface area contributed by atoms with Gasteiger partial charge in [0.15, 0.2) is 0 Å². The topological polar surface area (TPSA) is 64.3 Å². The summed E-state index contributed by atoms with van der Waals surface area (Å²) in [7, 11) is 1.38. The largest absolute Gasteiger partial charge is 0.508 e. The van der Waals surface area contributed by atoms with Crippen LogP contribution in [0.25, 0.3) is 22.4 Å². The van der Waals surface area contributed by atoms with Crippen molar-refractivity contribution in [1.29, 1.82) is 0 Å². The van der Waals surface area contributed by atoms with Crippen molar-refractivity contribution in [3.63, 3.8) is 0 Å². The van der Waals surface area contributed by atoms with E-state index in [-0.39, 0.29) is 11.7 Å². The number of esters is 1. The molecule has 4 rings (SSSR count). The fraction of sp³-hybridized carbons (Fsp3) is 0.333. The molecule has 1 aromatic heterocycles. The van der Waals surface area contributed by atoms with E-state index in [2.05, 4.69) is 4.57 Å². The summed E-state index contributed by atoms with van der Waals surface area (Å²) >= 11 is 0. The zero-order valence-corrected chi connectivity index (χ0v) is 14.8. The van der Waals surface area contributed by atoms with E-state index in [0.717, 1.165) is 35.3 Å². The standard InChI is InChI=1S/C21H22N2O3/c1-26-21(25)15-9-12-19-18(13-15)22-20(14-7-10-17(24)11-8-14)23(19)16-5-3-2-4-6-16/h7-13,16,24H,2-6H2,1H3. The summed E-state index contributed by atoms with van der Waals surface area (Å²) in [6.07, 6.45) is 5.99. The number of nitrogens with zero attached hydrogens (tertiary/aromatic N) is 2. The highest BCUT2D eigenvalue weighted by Crippen LogP contribution is 2.36. The Morgan fingerprint density at radius 1 is 1.12 bits per heavy atom. The Morgan fingerprint density at radius 3 is 2.54 bits per heavy atom. The van der Waals surface area contributed by atoms with Crippen LogP contribution in [0.4, 0.5) is 0 Å². The van der Waals surface area contributed by atoms with Crippen LogP contribution in [0.5, 0.6) is 5.75 Å². The predicted molar refractivity (Wildman–Crippen MR) is 100 cm³/mol. The van der Waals surface area contributed by atoms with Gasteiger partial charge >= 0.3 is 5.97 Å². The third-order valence-electron chi connectivity index (χ3n) is 5.18. The quantitative estimate of drug-likeness (QED) is 0.695. The van der Waals surface area contributed by atoms with E-state index >= 15 is 0 Å². The van der Waals surface area contributed by atoms with E-state index in [4.69, 9.17) is 9.72 Å². The fourth-order valence-corrected chi connectivity index (χ4v) is 3.87. The molecule has 0 bridgehead atoms. The predicted octanol–water partition coefficient (Wildman–Crippen LogP) is 4.70. The van der Waals surface area contributed by atoms with E-state index in [1.54, 1.807) is 24.3 Å². The maximum Gasteiger partial charge on any atom is 0.337 e. The highest BCUT2D eigenvalue weighted by Gasteiger charge is 2.23. The third kappa shape index (κ3) is 2.94. The molecule has 0 spiro atoms. The molecule has 1 N–H and O–H groups in total. The molecule has 2 aromatic carbocycles. The lowest BCUT2D eigenvalue weighted by Crippen LogP contribution is -2.14. The van der Waals surface area contributed by atoms with Crippen molar-refractivity contribution < 1.29 is 14.6 Å². The zero-order valence-electron chi connectivity index (χ0n) is 14.8. The number of aromatic hydroxyl groups is 1. The number of phenolic OH excluding ortho intramolecular Hbond substituents is 1. The number of fused-ring (bicyclic) bond motifs is 1. The van der Waals surface area contributed by atoms with Crippen molar-refractivity contribution in [1.82, 2.24) is 9.55 Å². The molecule has 26 heavy (non-hydrogen) atoms. The first kappa shape index (κ1) is 16.6. The molecule has 0 aliphatic heterocycles. The molecule has 0 atom stereocenters. The van der Waals surface area contributed by atoms with Gasteiger partial charge < -0.3 is 14.4 Å². The van der Waals surface area contributed by atoms with Crippen LogP contribution < -0.4 is 0 Å². The summed E-state index contributed by atoms with van der Waals surface area (Å²) in [5.41, 5.74) is 3.30. The van der Waals surface area contributed by atoms with Gasteiger partial charge in [0.25, 0.3) is 0 Å². The fourth-order valence-electron chi connectivity index (χ4n) is 3.87. The highest BCUT2D eigenvalue weighted by atomic mass is 16.5. The lowest BCUT2D eigenvalue weighted by molar-refractivity contribution is 0.0601. The van der Waals surface area contributed by atoms with Gasteiger partial charge in [-0.1, -0.05) is 19.3 Å². The number of benzene rings is 2. The van der Waals surface area contributed by atoms with Gasteiger partial charge in [0.2, 0.25) is 0 Å². The van der Waals surface area contributed by atoms with Gasteiger partial charge in [-0.15, -0.1) is 0 Å². The summed E-state index contributed by atoms with van der Waals surface area (Å²) in [5, 5.41) is 9.61. The minimum Gasteiger partial charge on any atom is -0.508 e. The van der Waals surface area contributed by atoms with E-state index in [9.17, 15) is 9.90 Å². The molecular formula is C21H22N2O3. The van der Waals surface area contributed by atoms with Crippen LogP contribution in [0.3, 0.4) is 0 Å². The number of aromatic nitrogens is 2. The Kier molecular flexibility index (Phi) is 4.37. The molecule has 0 unspecified atom stereocenters. The molecule has 0 radical (unpaired) electrons. The number of hydrogen-bond acceptors (Lipinski definition) is 4. The van der Waals surface area contributed by atoms with E-state index < -0.39 is 0 Å². The second kappa shape index (κ2) is 6.83. The van der Waals surface area contributed by atoms with Crippen molar-refractivity contribution in [2.75, 3.05) is 7.11 Å².